The number of amides is 5. The molecule has 2 unspecified atom stereocenters. The van der Waals surface area contributed by atoms with Crippen molar-refractivity contribution in [2.75, 3.05) is 6.54 Å². The number of benzene rings is 2. The number of nitrogens with one attached hydrogen (secondary N) is 5. The van der Waals surface area contributed by atoms with Crippen molar-refractivity contribution in [1.82, 2.24) is 26.6 Å². The van der Waals surface area contributed by atoms with Gasteiger partial charge >= 0.3 is 5.97 Å². The van der Waals surface area contributed by atoms with Crippen LogP contribution in [0.1, 0.15) is 127 Å². The minimum Gasteiger partial charge on any atom is -0.458 e. The van der Waals surface area contributed by atoms with E-state index in [4.69, 9.17) is 4.74 Å². The number of carbonyl (C=O) groups excluding carboxylic acids is 7. The molecule has 1 saturated carbocycles. The van der Waals surface area contributed by atoms with Crippen molar-refractivity contribution in [3.8, 4) is 0 Å². The van der Waals surface area contributed by atoms with Crippen molar-refractivity contribution < 1.29 is 38.3 Å². The van der Waals surface area contributed by atoms with Gasteiger partial charge in [-0.05, 0) is 81.9 Å². The van der Waals surface area contributed by atoms with Gasteiger partial charge in [0.05, 0.1) is 12.6 Å². The summed E-state index contributed by atoms with van der Waals surface area (Å²) in [6, 6.07) is 11.7. The highest BCUT2D eigenvalue weighted by atomic mass is 16.6. The lowest BCUT2D eigenvalue weighted by atomic mass is 9.83. The van der Waals surface area contributed by atoms with Crippen molar-refractivity contribution in [2.24, 2.45) is 5.92 Å². The first-order chi connectivity index (χ1) is 27.7. The Kier molecular flexibility index (Phi) is 17.7. The summed E-state index contributed by atoms with van der Waals surface area (Å²) in [5.74, 6) is -4.92. The van der Waals surface area contributed by atoms with Gasteiger partial charge in [-0.3, -0.25) is 28.8 Å². The van der Waals surface area contributed by atoms with Crippen LogP contribution in [-0.2, 0) is 44.7 Å². The Balaban J connectivity index is 1.50. The maximum atomic E-state index is 14.2. The van der Waals surface area contributed by atoms with E-state index in [-0.39, 0.29) is 24.7 Å². The van der Waals surface area contributed by atoms with E-state index in [0.717, 1.165) is 62.5 Å². The largest absolute Gasteiger partial charge is 0.458 e. The molecule has 0 spiro atoms. The summed E-state index contributed by atoms with van der Waals surface area (Å²) >= 11 is 0. The van der Waals surface area contributed by atoms with Gasteiger partial charge in [0.1, 0.15) is 17.7 Å². The first-order valence-electron chi connectivity index (χ1n) is 20.8. The van der Waals surface area contributed by atoms with E-state index < -0.39 is 71.7 Å². The second-order valence-corrected chi connectivity index (χ2v) is 16.3. The zero-order chi connectivity index (χ0) is 42.1. The van der Waals surface area contributed by atoms with Gasteiger partial charge in [0, 0.05) is 12.8 Å². The fourth-order valence-electron chi connectivity index (χ4n) is 7.32. The summed E-state index contributed by atoms with van der Waals surface area (Å²) in [6.45, 7) is 6.29. The number of rotatable bonds is 12. The van der Waals surface area contributed by atoms with Crippen LogP contribution in [0.15, 0.2) is 60.7 Å². The van der Waals surface area contributed by atoms with Gasteiger partial charge in [-0.15, -0.1) is 0 Å². The zero-order valence-electron chi connectivity index (χ0n) is 34.4. The molecule has 0 saturated heterocycles. The first kappa shape index (κ1) is 45.4. The quantitative estimate of drug-likeness (QED) is 0.148. The van der Waals surface area contributed by atoms with Gasteiger partial charge in [0.25, 0.3) is 5.91 Å². The lowest BCUT2D eigenvalue weighted by Crippen LogP contribution is -2.59. The topological polar surface area (TPSA) is 189 Å². The molecule has 1 heterocycles. The minimum absolute atomic E-state index is 0.0848. The van der Waals surface area contributed by atoms with Crippen LogP contribution in [0.25, 0.3) is 6.08 Å². The summed E-state index contributed by atoms with van der Waals surface area (Å²) in [6.07, 6.45) is 12.9. The molecular formula is C45H61N5O8. The van der Waals surface area contributed by atoms with Gasteiger partial charge in [-0.25, -0.2) is 4.79 Å². The third-order valence-electron chi connectivity index (χ3n) is 10.3. The van der Waals surface area contributed by atoms with E-state index >= 15 is 0 Å². The van der Waals surface area contributed by atoms with Crippen LogP contribution in [0.3, 0.4) is 0 Å². The lowest BCUT2D eigenvalue weighted by molar-refractivity contribution is -0.158. The molecule has 2 aromatic carbocycles. The number of Topliss-reactive ketones (excluding diaryl/α,β-unsaturated/α-hetero) is 1. The summed E-state index contributed by atoms with van der Waals surface area (Å²) < 4.78 is 5.51. The predicted octanol–water partition coefficient (Wildman–Crippen LogP) is 4.93. The second kappa shape index (κ2) is 22.6. The van der Waals surface area contributed by atoms with Crippen LogP contribution >= 0.6 is 0 Å². The zero-order valence-corrected chi connectivity index (χ0v) is 34.4. The van der Waals surface area contributed by atoms with Crippen LogP contribution in [-0.4, -0.2) is 71.6 Å². The Morgan fingerprint density at radius 1 is 0.862 bits per heavy atom. The predicted molar refractivity (Wildman–Crippen MR) is 221 cm³/mol. The highest BCUT2D eigenvalue weighted by Crippen LogP contribution is 2.27. The third kappa shape index (κ3) is 14.9. The van der Waals surface area contributed by atoms with Crippen LogP contribution in [0.2, 0.25) is 0 Å². The van der Waals surface area contributed by atoms with Crippen molar-refractivity contribution in [1.29, 1.82) is 0 Å². The molecule has 58 heavy (non-hydrogen) atoms. The maximum absolute atomic E-state index is 14.2. The molecule has 13 nitrogen and oxygen atoms in total. The Labute approximate surface area is 342 Å². The fraction of sp³-hybridized carbons (Fsp3) is 0.533. The third-order valence-corrected chi connectivity index (χ3v) is 10.3. The molecule has 4 rings (SSSR count). The molecule has 0 radical (unpaired) electrons. The minimum atomic E-state index is -1.26. The molecule has 5 amide bonds. The second-order valence-electron chi connectivity index (χ2n) is 16.3. The number of carbonyl (C=O) groups is 7. The molecule has 2 aliphatic rings. The van der Waals surface area contributed by atoms with E-state index in [2.05, 4.69) is 32.7 Å². The molecule has 2 aromatic rings. The highest BCUT2D eigenvalue weighted by Gasteiger charge is 2.35. The first-order valence-corrected chi connectivity index (χ1v) is 20.8. The van der Waals surface area contributed by atoms with Gasteiger partial charge in [0.2, 0.25) is 29.4 Å². The molecule has 314 valence electrons. The van der Waals surface area contributed by atoms with E-state index in [1.807, 2.05) is 30.3 Å². The molecule has 13 heteroatoms. The Hall–Kier alpha value is -5.33. The lowest BCUT2D eigenvalue weighted by Gasteiger charge is -2.31. The Morgan fingerprint density at radius 2 is 1.59 bits per heavy atom. The summed E-state index contributed by atoms with van der Waals surface area (Å²) in [4.78, 5) is 94.2. The summed E-state index contributed by atoms with van der Waals surface area (Å²) in [5.41, 5.74) is 1.35. The van der Waals surface area contributed by atoms with Crippen LogP contribution in [0.4, 0.5) is 0 Å². The summed E-state index contributed by atoms with van der Waals surface area (Å²) in [7, 11) is 0. The van der Waals surface area contributed by atoms with Crippen LogP contribution in [0.5, 0.6) is 0 Å². The molecule has 1 fully saturated rings. The van der Waals surface area contributed by atoms with Crippen molar-refractivity contribution in [3.05, 3.63) is 77.4 Å². The molecular weight excluding hydrogens is 739 g/mol. The van der Waals surface area contributed by atoms with Crippen molar-refractivity contribution in [3.63, 3.8) is 0 Å². The van der Waals surface area contributed by atoms with Gasteiger partial charge < -0.3 is 31.3 Å². The number of ketones is 1. The Bertz CT molecular complexity index is 1770. The monoisotopic (exact) mass is 799 g/mol. The number of fused-ring (bicyclic) bond motifs is 2. The number of hydrogen-bond acceptors (Lipinski definition) is 8. The number of allylic oxidation sites excluding steroid dienone is 1. The average Bonchev–Trinajstić information content (AvgIpc) is 3.19. The number of ether oxygens (including phenoxy) is 1. The number of hydrogen-bond donors (Lipinski definition) is 5. The smallest absolute Gasteiger partial charge is 0.333 e. The van der Waals surface area contributed by atoms with E-state index in [0.29, 0.717) is 24.8 Å². The van der Waals surface area contributed by atoms with E-state index in [1.54, 1.807) is 58.0 Å². The average molecular weight is 800 g/mol. The summed E-state index contributed by atoms with van der Waals surface area (Å²) in [5, 5.41) is 13.5. The highest BCUT2D eigenvalue weighted by molar-refractivity contribution is 6.38. The maximum Gasteiger partial charge on any atom is 0.333 e. The van der Waals surface area contributed by atoms with Crippen LogP contribution in [0, 0.1) is 5.92 Å². The van der Waals surface area contributed by atoms with Crippen molar-refractivity contribution >= 4 is 47.4 Å². The molecule has 0 aromatic heterocycles. The SMILES string of the molecule is CCCC(NC(=O)C1Cc2cccc(c2)/C=C\CCCCCC(=O)N[C@@H](C2CCCCC2)C(=O)N1)C(=O)C(=O)NCC(=O)N[C@H](C(=O)OC(C)(C)C)c1ccccc1. The van der Waals surface area contributed by atoms with Crippen molar-refractivity contribution in [2.45, 2.75) is 141 Å². The fourth-order valence-corrected chi connectivity index (χ4v) is 7.32. The van der Waals surface area contributed by atoms with Gasteiger partial charge in [-0.2, -0.15) is 0 Å². The Morgan fingerprint density at radius 3 is 2.29 bits per heavy atom. The molecule has 1 aliphatic carbocycles. The van der Waals surface area contributed by atoms with Gasteiger partial charge in [0.15, 0.2) is 6.04 Å². The molecule has 4 atom stereocenters. The van der Waals surface area contributed by atoms with E-state index in [1.165, 1.54) is 0 Å². The van der Waals surface area contributed by atoms with Crippen LogP contribution < -0.4 is 26.6 Å². The molecule has 2 bridgehead atoms. The standard InChI is InChI=1S/C45H61N5O8/c1-5-18-34(40(53)43(56)46-29-37(52)50-39(33-24-14-10-15-25-33)44(57)58-45(2,3)4)47-41(54)35-28-31-21-17-20-30(27-31)19-11-7-6-8-16-26-36(51)49-38(42(55)48-35)32-22-12-9-13-23-32/h10-11,14-15,17,19-21,24-25,27,32,34-35,38-39H,5-9,12-13,16,18,22-23,26,28-29H2,1-4H3,(H,46,56)(H,47,54)(H,48,55)(H,49,51)(H,50,52)/b19-11-/t34?,35?,38-,39-/m0/s1. The normalized spacial score (nSPS) is 20.1. The van der Waals surface area contributed by atoms with E-state index in [9.17, 15) is 33.6 Å². The molecule has 1 aliphatic heterocycles. The van der Waals surface area contributed by atoms with Gasteiger partial charge in [-0.1, -0.05) is 106 Å². The molecule has 5 N–H and O–H groups in total. The number of esters is 1.